The van der Waals surface area contributed by atoms with E-state index in [2.05, 4.69) is 156 Å². The molecule has 9 aromatic rings. The third kappa shape index (κ3) is 3.87. The van der Waals surface area contributed by atoms with Crippen molar-refractivity contribution in [3.63, 3.8) is 0 Å². The summed E-state index contributed by atoms with van der Waals surface area (Å²) in [5.41, 5.74) is 13.5. The van der Waals surface area contributed by atoms with Gasteiger partial charge in [0.15, 0.2) is 0 Å². The summed E-state index contributed by atoms with van der Waals surface area (Å²) in [4.78, 5) is 10.6. The summed E-state index contributed by atoms with van der Waals surface area (Å²) in [6, 6.07) is 58.3. The summed E-state index contributed by atoms with van der Waals surface area (Å²) >= 11 is 0. The Balaban J connectivity index is 1.37. The molecule has 0 amide bonds. The molecule has 0 fully saturated rings. The van der Waals surface area contributed by atoms with Gasteiger partial charge in [-0.3, -0.25) is 4.57 Å². The van der Waals surface area contributed by atoms with Crippen LogP contribution in [0, 0.1) is 0 Å². The van der Waals surface area contributed by atoms with Gasteiger partial charge in [-0.2, -0.15) is 0 Å². The van der Waals surface area contributed by atoms with Gasteiger partial charge in [-0.05, 0) is 57.0 Å². The zero-order valence-corrected chi connectivity index (χ0v) is 25.4. The Hall–Kier alpha value is -6.32. The van der Waals surface area contributed by atoms with E-state index < -0.39 is 0 Å². The van der Waals surface area contributed by atoms with Gasteiger partial charge in [-0.25, -0.2) is 9.97 Å². The molecule has 0 saturated heterocycles. The molecular weight excluding hydrogens is 571 g/mol. The summed E-state index contributed by atoms with van der Waals surface area (Å²) < 4.78 is 2.28. The summed E-state index contributed by atoms with van der Waals surface area (Å²) in [5.74, 6) is 0.663. The molecule has 47 heavy (non-hydrogen) atoms. The zero-order valence-electron chi connectivity index (χ0n) is 25.4. The second-order valence-corrected chi connectivity index (χ2v) is 12.2. The molecule has 0 bridgehead atoms. The number of hydrogen-bond acceptors (Lipinski definition) is 2. The molecule has 1 aliphatic carbocycles. The van der Waals surface area contributed by atoms with E-state index >= 15 is 0 Å². The fraction of sp³-hybridized carbons (Fsp3) is 0. The Kier molecular flexibility index (Phi) is 5.57. The van der Waals surface area contributed by atoms with Gasteiger partial charge in [-0.1, -0.05) is 146 Å². The molecule has 0 saturated carbocycles. The molecule has 7 aromatic carbocycles. The van der Waals surface area contributed by atoms with Crippen LogP contribution in [-0.2, 0) is 0 Å². The van der Waals surface area contributed by atoms with Gasteiger partial charge in [-0.15, -0.1) is 0 Å². The highest BCUT2D eigenvalue weighted by Crippen LogP contribution is 2.50. The van der Waals surface area contributed by atoms with Crippen molar-refractivity contribution in [1.82, 2.24) is 14.5 Å². The maximum atomic E-state index is 5.28. The number of aromatic nitrogens is 3. The first-order valence-corrected chi connectivity index (χ1v) is 16.0. The predicted molar refractivity (Wildman–Crippen MR) is 195 cm³/mol. The second kappa shape index (κ2) is 10.1. The van der Waals surface area contributed by atoms with Gasteiger partial charge < -0.3 is 0 Å². The Bertz CT molecular complexity index is 2600. The lowest BCUT2D eigenvalue weighted by molar-refractivity contribution is 0.996. The summed E-state index contributed by atoms with van der Waals surface area (Å²) in [6.45, 7) is 0. The fourth-order valence-corrected chi connectivity index (χ4v) is 7.53. The summed E-state index contributed by atoms with van der Waals surface area (Å²) in [7, 11) is 0. The highest BCUT2D eigenvalue weighted by atomic mass is 15.2. The van der Waals surface area contributed by atoms with E-state index in [1.54, 1.807) is 0 Å². The van der Waals surface area contributed by atoms with Crippen molar-refractivity contribution in [3.05, 3.63) is 164 Å². The van der Waals surface area contributed by atoms with Gasteiger partial charge in [0.05, 0.1) is 22.4 Å². The predicted octanol–water partition coefficient (Wildman–Crippen LogP) is 11.4. The Morgan fingerprint density at radius 3 is 1.49 bits per heavy atom. The molecule has 10 rings (SSSR count). The first-order chi connectivity index (χ1) is 23.3. The minimum Gasteiger partial charge on any atom is -0.278 e. The number of nitrogens with zero attached hydrogens (tertiary/aromatic N) is 3. The van der Waals surface area contributed by atoms with Crippen molar-refractivity contribution in [2.75, 3.05) is 0 Å². The van der Waals surface area contributed by atoms with E-state index in [1.165, 1.54) is 54.9 Å². The zero-order chi connectivity index (χ0) is 30.9. The molecule has 3 nitrogen and oxygen atoms in total. The lowest BCUT2D eigenvalue weighted by Crippen LogP contribution is -2.04. The lowest BCUT2D eigenvalue weighted by atomic mass is 9.90. The SMILES string of the molecule is c1ccc(-c2cc(-c3ccccc3)nc(-n3c4cccc5c4c4c6c(ccc(-c7ccccc7)c6ccc43)-c3ccccc3-5)n2)cc1. The molecule has 0 atom stereocenters. The molecule has 0 N–H and O–H groups in total. The average molecular weight is 598 g/mol. The molecule has 2 aromatic heterocycles. The lowest BCUT2D eigenvalue weighted by Gasteiger charge is -2.16. The first kappa shape index (κ1) is 26.0. The van der Waals surface area contributed by atoms with Gasteiger partial charge in [0.2, 0.25) is 5.95 Å². The van der Waals surface area contributed by atoms with Gasteiger partial charge in [0.25, 0.3) is 0 Å². The molecule has 0 aliphatic heterocycles. The Labute approximate surface area is 272 Å². The average Bonchev–Trinajstić information content (AvgIpc) is 3.44. The molecular formula is C44H27N3. The maximum absolute atomic E-state index is 5.28. The van der Waals surface area contributed by atoms with E-state index in [0.29, 0.717) is 5.95 Å². The highest BCUT2D eigenvalue weighted by molar-refractivity contribution is 6.31. The van der Waals surface area contributed by atoms with Crippen LogP contribution in [0.4, 0.5) is 0 Å². The van der Waals surface area contributed by atoms with E-state index in [0.717, 1.165) is 33.5 Å². The van der Waals surface area contributed by atoms with Crippen molar-refractivity contribution in [2.45, 2.75) is 0 Å². The number of fused-ring (bicyclic) bond motifs is 3. The molecule has 3 heteroatoms. The van der Waals surface area contributed by atoms with Crippen LogP contribution >= 0.6 is 0 Å². The van der Waals surface area contributed by atoms with Crippen molar-refractivity contribution in [2.24, 2.45) is 0 Å². The first-order valence-electron chi connectivity index (χ1n) is 16.0. The van der Waals surface area contributed by atoms with Crippen LogP contribution in [0.3, 0.4) is 0 Å². The molecule has 1 aliphatic rings. The smallest absolute Gasteiger partial charge is 0.235 e. The fourth-order valence-electron chi connectivity index (χ4n) is 7.53. The van der Waals surface area contributed by atoms with Crippen molar-refractivity contribution in [3.8, 4) is 61.8 Å². The van der Waals surface area contributed by atoms with Gasteiger partial charge in [0, 0.05) is 27.3 Å². The molecule has 0 unspecified atom stereocenters. The quantitative estimate of drug-likeness (QED) is 0.202. The molecule has 218 valence electrons. The van der Waals surface area contributed by atoms with Crippen molar-refractivity contribution >= 4 is 32.6 Å². The van der Waals surface area contributed by atoms with Crippen LogP contribution in [0.1, 0.15) is 0 Å². The molecule has 0 radical (unpaired) electrons. The minimum absolute atomic E-state index is 0.663. The normalized spacial score (nSPS) is 11.8. The minimum atomic E-state index is 0.663. The van der Waals surface area contributed by atoms with Crippen molar-refractivity contribution in [1.29, 1.82) is 0 Å². The standard InChI is InChI=1S/C44H27N3/c1-4-13-28(14-5-1)31-23-24-36-33-20-11-10-19-32(33)34-21-12-22-39-42(34)43-40(26-25-35(31)41(36)43)47(39)44-45-37(29-15-6-2-7-16-29)27-38(46-44)30-17-8-3-9-18-30/h1-27H. The van der Waals surface area contributed by atoms with E-state index in [9.17, 15) is 0 Å². The van der Waals surface area contributed by atoms with Crippen LogP contribution in [-0.4, -0.2) is 14.5 Å². The number of hydrogen-bond donors (Lipinski definition) is 0. The number of rotatable bonds is 4. The molecule has 0 spiro atoms. The highest BCUT2D eigenvalue weighted by Gasteiger charge is 2.26. The van der Waals surface area contributed by atoms with Crippen LogP contribution in [0.2, 0.25) is 0 Å². The second-order valence-electron chi connectivity index (χ2n) is 12.2. The topological polar surface area (TPSA) is 30.7 Å². The third-order valence-corrected chi connectivity index (χ3v) is 9.58. The van der Waals surface area contributed by atoms with Crippen LogP contribution in [0.5, 0.6) is 0 Å². The summed E-state index contributed by atoms with van der Waals surface area (Å²) in [6.07, 6.45) is 0. The van der Waals surface area contributed by atoms with E-state index in [1.807, 2.05) is 12.1 Å². The van der Waals surface area contributed by atoms with Gasteiger partial charge >= 0.3 is 0 Å². The van der Waals surface area contributed by atoms with E-state index in [4.69, 9.17) is 9.97 Å². The Morgan fingerprint density at radius 2 is 0.851 bits per heavy atom. The Morgan fingerprint density at radius 1 is 0.340 bits per heavy atom. The number of benzene rings is 7. The third-order valence-electron chi connectivity index (χ3n) is 9.58. The van der Waals surface area contributed by atoms with Crippen molar-refractivity contribution < 1.29 is 0 Å². The maximum Gasteiger partial charge on any atom is 0.235 e. The van der Waals surface area contributed by atoms with Gasteiger partial charge in [0.1, 0.15) is 0 Å². The van der Waals surface area contributed by atoms with E-state index in [-0.39, 0.29) is 0 Å². The van der Waals surface area contributed by atoms with Crippen LogP contribution in [0.15, 0.2) is 164 Å². The van der Waals surface area contributed by atoms with Crippen LogP contribution < -0.4 is 0 Å². The largest absolute Gasteiger partial charge is 0.278 e. The molecule has 2 heterocycles. The summed E-state index contributed by atoms with van der Waals surface area (Å²) in [5, 5.41) is 5.00. The van der Waals surface area contributed by atoms with Crippen LogP contribution in [0.25, 0.3) is 94.4 Å². The monoisotopic (exact) mass is 597 g/mol.